The van der Waals surface area contributed by atoms with Gasteiger partial charge in [0.2, 0.25) is 0 Å². The van der Waals surface area contributed by atoms with Crippen molar-refractivity contribution < 1.29 is 0 Å². The Bertz CT molecular complexity index is 261. The zero-order valence-corrected chi connectivity index (χ0v) is 10.00. The van der Waals surface area contributed by atoms with Gasteiger partial charge in [0, 0.05) is 5.69 Å². The van der Waals surface area contributed by atoms with Crippen LogP contribution in [0.1, 0.15) is 45.1 Å². The van der Waals surface area contributed by atoms with Crippen LogP contribution in [0.2, 0.25) is 0 Å². The quantitative estimate of drug-likeness (QED) is 0.550. The Kier molecular flexibility index (Phi) is 5.23. The number of hydrogen-bond acceptors (Lipinski definition) is 1. The highest BCUT2D eigenvalue weighted by molar-refractivity contribution is 5.39. The summed E-state index contributed by atoms with van der Waals surface area (Å²) in [7, 11) is 0. The van der Waals surface area contributed by atoms with E-state index in [1.807, 2.05) is 12.1 Å². The van der Waals surface area contributed by atoms with Gasteiger partial charge < -0.3 is 5.73 Å². The molecule has 0 saturated carbocycles. The number of anilines is 1. The number of rotatable bonds is 6. The van der Waals surface area contributed by atoms with Crippen molar-refractivity contribution in [2.24, 2.45) is 5.92 Å². The Morgan fingerprint density at radius 3 is 2.27 bits per heavy atom. The van der Waals surface area contributed by atoms with Crippen LogP contribution in [0.5, 0.6) is 0 Å². The molecule has 0 fully saturated rings. The summed E-state index contributed by atoms with van der Waals surface area (Å²) in [5, 5.41) is 0. The number of unbranched alkanes of at least 4 members (excludes halogenated alkanes) is 2. The molecule has 0 unspecified atom stereocenters. The van der Waals surface area contributed by atoms with Crippen LogP contribution in [0.4, 0.5) is 5.69 Å². The molecule has 15 heavy (non-hydrogen) atoms. The lowest BCUT2D eigenvalue weighted by Crippen LogP contribution is -1.90. The number of hydrogen-bond donors (Lipinski definition) is 1. The molecular formula is C14H23N. The second kappa shape index (κ2) is 6.49. The van der Waals surface area contributed by atoms with Crippen LogP contribution < -0.4 is 5.73 Å². The maximum atomic E-state index is 5.64. The molecule has 0 spiro atoms. The van der Waals surface area contributed by atoms with Crippen molar-refractivity contribution in [2.45, 2.75) is 46.0 Å². The molecule has 0 aliphatic heterocycles. The molecule has 0 bridgehead atoms. The molecule has 0 radical (unpaired) electrons. The third-order valence-electron chi connectivity index (χ3n) is 2.73. The fourth-order valence-corrected chi connectivity index (χ4v) is 1.74. The Hall–Kier alpha value is -0.980. The molecule has 1 rings (SSSR count). The van der Waals surface area contributed by atoms with Crippen molar-refractivity contribution in [3.05, 3.63) is 29.8 Å². The fraction of sp³-hybridized carbons (Fsp3) is 0.571. The predicted octanol–water partition coefficient (Wildman–Crippen LogP) is 4.03. The van der Waals surface area contributed by atoms with Crippen LogP contribution >= 0.6 is 0 Å². The molecule has 0 aromatic heterocycles. The summed E-state index contributed by atoms with van der Waals surface area (Å²) in [5.74, 6) is 0.849. The van der Waals surface area contributed by atoms with Gasteiger partial charge in [0.1, 0.15) is 0 Å². The second-order valence-electron chi connectivity index (χ2n) is 4.73. The molecular weight excluding hydrogens is 182 g/mol. The van der Waals surface area contributed by atoms with Crippen LogP contribution in [0.15, 0.2) is 24.3 Å². The number of aryl methyl sites for hydroxylation is 1. The second-order valence-corrected chi connectivity index (χ2v) is 4.73. The van der Waals surface area contributed by atoms with E-state index < -0.39 is 0 Å². The highest BCUT2D eigenvalue weighted by Crippen LogP contribution is 2.12. The first kappa shape index (κ1) is 12.1. The molecule has 0 amide bonds. The van der Waals surface area contributed by atoms with Crippen molar-refractivity contribution in [3.8, 4) is 0 Å². The number of nitrogens with two attached hydrogens (primary N) is 1. The fourth-order valence-electron chi connectivity index (χ4n) is 1.74. The molecule has 0 heterocycles. The summed E-state index contributed by atoms with van der Waals surface area (Å²) >= 11 is 0. The van der Waals surface area contributed by atoms with Crippen LogP contribution in [0, 0.1) is 5.92 Å². The Morgan fingerprint density at radius 2 is 1.67 bits per heavy atom. The van der Waals surface area contributed by atoms with Crippen LogP contribution in [0.3, 0.4) is 0 Å². The monoisotopic (exact) mass is 205 g/mol. The smallest absolute Gasteiger partial charge is 0.0314 e. The molecule has 1 nitrogen and oxygen atoms in total. The van der Waals surface area contributed by atoms with Gasteiger partial charge in [-0.15, -0.1) is 0 Å². The summed E-state index contributed by atoms with van der Waals surface area (Å²) < 4.78 is 0. The summed E-state index contributed by atoms with van der Waals surface area (Å²) in [6.07, 6.45) is 6.58. The van der Waals surface area contributed by atoms with Crippen LogP contribution in [-0.4, -0.2) is 0 Å². The van der Waals surface area contributed by atoms with Crippen molar-refractivity contribution >= 4 is 5.69 Å². The Labute approximate surface area is 93.7 Å². The molecule has 0 atom stereocenters. The molecule has 0 aliphatic rings. The normalized spacial score (nSPS) is 10.9. The largest absolute Gasteiger partial charge is 0.399 e. The van der Waals surface area contributed by atoms with Crippen LogP contribution in [0.25, 0.3) is 0 Å². The summed E-state index contributed by atoms with van der Waals surface area (Å²) in [4.78, 5) is 0. The van der Waals surface area contributed by atoms with Gasteiger partial charge in [-0.05, 0) is 36.5 Å². The molecule has 2 N–H and O–H groups in total. The highest BCUT2D eigenvalue weighted by atomic mass is 14.5. The average Bonchev–Trinajstić information content (AvgIpc) is 2.20. The lowest BCUT2D eigenvalue weighted by molar-refractivity contribution is 0.527. The lowest BCUT2D eigenvalue weighted by Gasteiger charge is -2.04. The lowest BCUT2D eigenvalue weighted by atomic mass is 10.0. The number of nitrogen functional groups attached to an aromatic ring is 1. The van der Waals surface area contributed by atoms with Gasteiger partial charge in [0.05, 0.1) is 0 Å². The maximum Gasteiger partial charge on any atom is 0.0314 e. The summed E-state index contributed by atoms with van der Waals surface area (Å²) in [6, 6.07) is 8.25. The SMILES string of the molecule is CC(C)CCCCCc1ccc(N)cc1. The highest BCUT2D eigenvalue weighted by Gasteiger charge is 1.96. The van der Waals surface area contributed by atoms with Gasteiger partial charge in [-0.2, -0.15) is 0 Å². The van der Waals surface area contributed by atoms with E-state index in [-0.39, 0.29) is 0 Å². The molecule has 0 saturated heterocycles. The van der Waals surface area contributed by atoms with Gasteiger partial charge in [0.25, 0.3) is 0 Å². The van der Waals surface area contributed by atoms with Gasteiger partial charge >= 0.3 is 0 Å². The van der Waals surface area contributed by atoms with Crippen molar-refractivity contribution in [1.29, 1.82) is 0 Å². The minimum Gasteiger partial charge on any atom is -0.399 e. The molecule has 84 valence electrons. The first-order valence-electron chi connectivity index (χ1n) is 6.03. The Morgan fingerprint density at radius 1 is 1.00 bits per heavy atom. The van der Waals surface area contributed by atoms with E-state index in [0.29, 0.717) is 0 Å². The van der Waals surface area contributed by atoms with Crippen molar-refractivity contribution in [2.75, 3.05) is 5.73 Å². The molecule has 1 aromatic carbocycles. The topological polar surface area (TPSA) is 26.0 Å². The minimum atomic E-state index is 0.849. The predicted molar refractivity (Wildman–Crippen MR) is 67.9 cm³/mol. The standard InChI is InChI=1S/C14H23N/c1-12(2)6-4-3-5-7-13-8-10-14(15)11-9-13/h8-12H,3-7,15H2,1-2H3. The van der Waals surface area contributed by atoms with Crippen LogP contribution in [-0.2, 0) is 6.42 Å². The molecule has 1 aromatic rings. The minimum absolute atomic E-state index is 0.849. The third-order valence-corrected chi connectivity index (χ3v) is 2.73. The Balaban J connectivity index is 2.12. The van der Waals surface area contributed by atoms with E-state index in [2.05, 4.69) is 26.0 Å². The van der Waals surface area contributed by atoms with E-state index in [0.717, 1.165) is 11.6 Å². The van der Waals surface area contributed by atoms with Gasteiger partial charge in [-0.1, -0.05) is 45.2 Å². The zero-order valence-electron chi connectivity index (χ0n) is 10.00. The van der Waals surface area contributed by atoms with Crippen molar-refractivity contribution in [3.63, 3.8) is 0 Å². The van der Waals surface area contributed by atoms with Gasteiger partial charge in [-0.25, -0.2) is 0 Å². The summed E-state index contributed by atoms with van der Waals surface area (Å²) in [6.45, 7) is 4.58. The first-order chi connectivity index (χ1) is 7.18. The van der Waals surface area contributed by atoms with Gasteiger partial charge in [0.15, 0.2) is 0 Å². The first-order valence-corrected chi connectivity index (χ1v) is 6.03. The summed E-state index contributed by atoms with van der Waals surface area (Å²) in [5.41, 5.74) is 7.91. The van der Waals surface area contributed by atoms with E-state index in [1.54, 1.807) is 0 Å². The number of benzene rings is 1. The average molecular weight is 205 g/mol. The zero-order chi connectivity index (χ0) is 11.1. The third kappa shape index (κ3) is 5.46. The van der Waals surface area contributed by atoms with E-state index in [4.69, 9.17) is 5.73 Å². The van der Waals surface area contributed by atoms with E-state index >= 15 is 0 Å². The van der Waals surface area contributed by atoms with E-state index in [9.17, 15) is 0 Å². The van der Waals surface area contributed by atoms with Crippen molar-refractivity contribution in [1.82, 2.24) is 0 Å². The molecule has 0 aliphatic carbocycles. The maximum absolute atomic E-state index is 5.64. The van der Waals surface area contributed by atoms with E-state index in [1.165, 1.54) is 37.7 Å². The van der Waals surface area contributed by atoms with Gasteiger partial charge in [-0.3, -0.25) is 0 Å². The molecule has 1 heteroatoms.